The van der Waals surface area contributed by atoms with Crippen LogP contribution in [0.2, 0.25) is 0 Å². The molecule has 0 radical (unpaired) electrons. The first kappa shape index (κ1) is 13.6. The lowest BCUT2D eigenvalue weighted by molar-refractivity contribution is 1.05. The van der Waals surface area contributed by atoms with Crippen LogP contribution in [0.15, 0.2) is 42.0 Å². The summed E-state index contributed by atoms with van der Waals surface area (Å²) in [5.74, 6) is 1.22. The molecule has 0 bridgehead atoms. The first-order valence-electron chi connectivity index (χ1n) is 7.84. The lowest BCUT2D eigenvalue weighted by Gasteiger charge is -2.04. The standard InChI is InChI=1S/C17H14N6S/c1-2-10(1)15-9-24-17(21-15)22-16-18-6-5-13(20-16)11-3-4-12-8-19-23-14(12)7-11/h3-10H,1-2H2,(H,19,23)(H,18,20,21,22). The molecule has 1 saturated carbocycles. The van der Waals surface area contributed by atoms with Crippen LogP contribution < -0.4 is 5.32 Å². The van der Waals surface area contributed by atoms with Crippen molar-refractivity contribution in [1.29, 1.82) is 0 Å². The Labute approximate surface area is 142 Å². The Hall–Kier alpha value is -2.80. The summed E-state index contributed by atoms with van der Waals surface area (Å²) in [4.78, 5) is 13.5. The molecule has 1 fully saturated rings. The van der Waals surface area contributed by atoms with Crippen LogP contribution in [-0.2, 0) is 0 Å². The quantitative estimate of drug-likeness (QED) is 0.587. The van der Waals surface area contributed by atoms with Crippen LogP contribution in [0.3, 0.4) is 0 Å². The van der Waals surface area contributed by atoms with Crippen LogP contribution in [0, 0.1) is 0 Å². The Kier molecular flexibility index (Phi) is 3.05. The summed E-state index contributed by atoms with van der Waals surface area (Å²) in [6.45, 7) is 0. The van der Waals surface area contributed by atoms with E-state index in [-0.39, 0.29) is 0 Å². The molecule has 1 aliphatic rings. The zero-order valence-electron chi connectivity index (χ0n) is 12.7. The van der Waals surface area contributed by atoms with Crippen molar-refractivity contribution in [3.63, 3.8) is 0 Å². The van der Waals surface area contributed by atoms with Gasteiger partial charge in [0.2, 0.25) is 5.95 Å². The van der Waals surface area contributed by atoms with E-state index in [1.165, 1.54) is 18.5 Å². The highest BCUT2D eigenvalue weighted by Crippen LogP contribution is 2.41. The van der Waals surface area contributed by atoms with Crippen molar-refractivity contribution in [3.8, 4) is 11.3 Å². The maximum Gasteiger partial charge on any atom is 0.229 e. The number of benzene rings is 1. The SMILES string of the molecule is c1cc(-c2ccc3cn[nH]c3c2)nc(Nc2nc(C3CC3)cs2)n1. The van der Waals surface area contributed by atoms with Crippen LogP contribution in [0.25, 0.3) is 22.2 Å². The monoisotopic (exact) mass is 334 g/mol. The Morgan fingerprint density at radius 2 is 2.12 bits per heavy atom. The molecular formula is C17H14N6S. The number of anilines is 2. The van der Waals surface area contributed by atoms with Crippen molar-refractivity contribution in [2.45, 2.75) is 18.8 Å². The predicted octanol–water partition coefficient (Wildman–Crippen LogP) is 4.10. The van der Waals surface area contributed by atoms with Gasteiger partial charge in [-0.2, -0.15) is 5.10 Å². The third-order valence-electron chi connectivity index (χ3n) is 4.13. The first-order valence-corrected chi connectivity index (χ1v) is 8.72. The van der Waals surface area contributed by atoms with E-state index in [4.69, 9.17) is 0 Å². The predicted molar refractivity (Wildman–Crippen MR) is 94.5 cm³/mol. The molecule has 4 aromatic rings. The van der Waals surface area contributed by atoms with E-state index < -0.39 is 0 Å². The fraction of sp³-hybridized carbons (Fsp3) is 0.176. The van der Waals surface area contributed by atoms with Gasteiger partial charge in [-0.15, -0.1) is 11.3 Å². The summed E-state index contributed by atoms with van der Waals surface area (Å²) in [5, 5.41) is 14.3. The number of nitrogens with zero attached hydrogens (tertiary/aromatic N) is 4. The van der Waals surface area contributed by atoms with E-state index in [9.17, 15) is 0 Å². The minimum atomic E-state index is 0.564. The Bertz CT molecular complexity index is 1020. The van der Waals surface area contributed by atoms with Crippen molar-refractivity contribution < 1.29 is 0 Å². The molecule has 0 amide bonds. The van der Waals surface area contributed by atoms with Crippen LogP contribution in [0.4, 0.5) is 11.1 Å². The van der Waals surface area contributed by atoms with Crippen LogP contribution in [-0.4, -0.2) is 25.1 Å². The first-order chi connectivity index (χ1) is 11.8. The third kappa shape index (κ3) is 2.52. The molecule has 0 aliphatic heterocycles. The maximum atomic E-state index is 4.62. The molecule has 118 valence electrons. The van der Waals surface area contributed by atoms with Gasteiger partial charge in [0.15, 0.2) is 5.13 Å². The highest BCUT2D eigenvalue weighted by Gasteiger charge is 2.26. The zero-order valence-corrected chi connectivity index (χ0v) is 13.5. The zero-order chi connectivity index (χ0) is 15.9. The summed E-state index contributed by atoms with van der Waals surface area (Å²) in [6, 6.07) is 8.02. The van der Waals surface area contributed by atoms with Gasteiger partial charge >= 0.3 is 0 Å². The number of H-pyrrole nitrogens is 1. The van der Waals surface area contributed by atoms with Gasteiger partial charge in [0.1, 0.15) is 0 Å². The minimum absolute atomic E-state index is 0.564. The molecule has 1 aromatic carbocycles. The van der Waals surface area contributed by atoms with Gasteiger partial charge in [-0.1, -0.05) is 12.1 Å². The second-order valence-corrected chi connectivity index (χ2v) is 6.77. The highest BCUT2D eigenvalue weighted by molar-refractivity contribution is 7.13. The Morgan fingerprint density at radius 3 is 3.04 bits per heavy atom. The van der Waals surface area contributed by atoms with Crippen LogP contribution >= 0.6 is 11.3 Å². The molecule has 3 heterocycles. The number of hydrogen-bond acceptors (Lipinski definition) is 6. The highest BCUT2D eigenvalue weighted by atomic mass is 32.1. The smallest absolute Gasteiger partial charge is 0.229 e. The number of hydrogen-bond donors (Lipinski definition) is 2. The van der Waals surface area contributed by atoms with Crippen molar-refractivity contribution in [2.24, 2.45) is 0 Å². The lowest BCUT2D eigenvalue weighted by Crippen LogP contribution is -1.97. The van der Waals surface area contributed by atoms with Crippen molar-refractivity contribution in [3.05, 3.63) is 47.7 Å². The van der Waals surface area contributed by atoms with Gasteiger partial charge in [-0.05, 0) is 25.0 Å². The van der Waals surface area contributed by atoms with Gasteiger partial charge < -0.3 is 5.32 Å². The molecule has 2 N–H and O–H groups in total. The second-order valence-electron chi connectivity index (χ2n) is 5.91. The molecule has 0 unspecified atom stereocenters. The van der Waals surface area contributed by atoms with Gasteiger partial charge in [-0.25, -0.2) is 15.0 Å². The maximum absolute atomic E-state index is 4.62. The molecule has 0 saturated heterocycles. The van der Waals surface area contributed by atoms with E-state index in [1.54, 1.807) is 17.5 Å². The Balaban J connectivity index is 1.44. The van der Waals surface area contributed by atoms with Crippen molar-refractivity contribution >= 4 is 33.3 Å². The molecule has 3 aromatic heterocycles. The van der Waals surface area contributed by atoms with E-state index in [0.717, 1.165) is 27.3 Å². The second kappa shape index (κ2) is 5.38. The third-order valence-corrected chi connectivity index (χ3v) is 4.91. The summed E-state index contributed by atoms with van der Waals surface area (Å²) >= 11 is 1.60. The van der Waals surface area contributed by atoms with Gasteiger partial charge in [0, 0.05) is 28.4 Å². The average Bonchev–Trinajstić information content (AvgIpc) is 3.17. The largest absolute Gasteiger partial charge is 0.300 e. The van der Waals surface area contributed by atoms with Crippen molar-refractivity contribution in [2.75, 3.05) is 5.32 Å². The molecule has 6 nitrogen and oxygen atoms in total. The number of fused-ring (bicyclic) bond motifs is 1. The summed E-state index contributed by atoms with van der Waals surface area (Å²) in [7, 11) is 0. The molecule has 7 heteroatoms. The fourth-order valence-electron chi connectivity index (χ4n) is 2.68. The van der Waals surface area contributed by atoms with Gasteiger partial charge in [0.05, 0.1) is 23.1 Å². The molecule has 1 aliphatic carbocycles. The summed E-state index contributed by atoms with van der Waals surface area (Å²) < 4.78 is 0. The molecule has 24 heavy (non-hydrogen) atoms. The molecule has 5 rings (SSSR count). The summed E-state index contributed by atoms with van der Waals surface area (Å²) in [6.07, 6.45) is 6.08. The molecular weight excluding hydrogens is 320 g/mol. The number of aromatic nitrogens is 5. The summed E-state index contributed by atoms with van der Waals surface area (Å²) in [5.41, 5.74) is 4.07. The average molecular weight is 334 g/mol. The van der Waals surface area contributed by atoms with Crippen LogP contribution in [0.1, 0.15) is 24.5 Å². The number of rotatable bonds is 4. The molecule has 0 spiro atoms. The van der Waals surface area contributed by atoms with Crippen LogP contribution in [0.5, 0.6) is 0 Å². The van der Waals surface area contributed by atoms with Crippen molar-refractivity contribution in [1.82, 2.24) is 25.1 Å². The topological polar surface area (TPSA) is 79.4 Å². The number of nitrogens with one attached hydrogen (secondary N) is 2. The number of aromatic amines is 1. The van der Waals surface area contributed by atoms with Gasteiger partial charge in [0.25, 0.3) is 0 Å². The van der Waals surface area contributed by atoms with E-state index in [1.807, 2.05) is 30.5 Å². The molecule has 0 atom stereocenters. The minimum Gasteiger partial charge on any atom is -0.300 e. The van der Waals surface area contributed by atoms with E-state index >= 15 is 0 Å². The van der Waals surface area contributed by atoms with E-state index in [2.05, 4.69) is 35.8 Å². The normalized spacial score (nSPS) is 14.2. The number of thiazole rings is 1. The lowest BCUT2D eigenvalue weighted by atomic mass is 10.1. The fourth-order valence-corrected chi connectivity index (χ4v) is 3.47. The van der Waals surface area contributed by atoms with Gasteiger partial charge in [-0.3, -0.25) is 5.10 Å². The van der Waals surface area contributed by atoms with E-state index in [0.29, 0.717) is 11.9 Å². The Morgan fingerprint density at radius 1 is 1.17 bits per heavy atom.